The van der Waals surface area contributed by atoms with Crippen molar-refractivity contribution in [2.24, 2.45) is 4.99 Å². The van der Waals surface area contributed by atoms with Crippen molar-refractivity contribution < 1.29 is 8.42 Å². The number of rotatable bonds is 3. The second-order valence-electron chi connectivity index (χ2n) is 3.29. The Morgan fingerprint density at radius 2 is 2.38 bits per heavy atom. The van der Waals surface area contributed by atoms with Crippen molar-refractivity contribution in [1.29, 1.82) is 0 Å². The molecule has 1 atom stereocenters. The fraction of sp³-hybridized carbons (Fsp3) is 0.857. The van der Waals surface area contributed by atoms with Gasteiger partial charge in [0.1, 0.15) is 9.84 Å². The molecule has 0 amide bonds. The van der Waals surface area contributed by atoms with Gasteiger partial charge in [0.15, 0.2) is 5.96 Å². The minimum absolute atomic E-state index is 0.141. The number of guanidine groups is 1. The fourth-order valence-electron chi connectivity index (χ4n) is 1.01. The van der Waals surface area contributed by atoms with Gasteiger partial charge in [0.25, 0.3) is 0 Å². The molecule has 6 heteroatoms. The lowest BCUT2D eigenvalue weighted by atomic mass is 10.4. The topological polar surface area (TPSA) is 70.6 Å². The van der Waals surface area contributed by atoms with E-state index in [4.69, 9.17) is 0 Å². The van der Waals surface area contributed by atoms with Crippen molar-refractivity contribution in [2.75, 3.05) is 25.1 Å². The van der Waals surface area contributed by atoms with Crippen LogP contribution >= 0.6 is 0 Å². The van der Waals surface area contributed by atoms with Crippen LogP contribution in [0.5, 0.6) is 0 Å². The number of hydrogen-bond acceptors (Lipinski definition) is 5. The van der Waals surface area contributed by atoms with Crippen LogP contribution in [-0.2, 0) is 9.84 Å². The maximum Gasteiger partial charge on any atom is 0.191 e. The predicted octanol–water partition coefficient (Wildman–Crippen LogP) is -1.03. The number of aliphatic imine (C=N–C) groups is 1. The number of nitrogens with one attached hydrogen (secondary N) is 2. The minimum atomic E-state index is -2.87. The highest BCUT2D eigenvalue weighted by atomic mass is 32.2. The van der Waals surface area contributed by atoms with E-state index < -0.39 is 9.84 Å². The first-order valence-corrected chi connectivity index (χ1v) is 6.26. The molecule has 76 valence electrons. The first-order valence-electron chi connectivity index (χ1n) is 4.20. The fourth-order valence-corrected chi connectivity index (χ4v) is 1.49. The summed E-state index contributed by atoms with van der Waals surface area (Å²) in [5.41, 5.74) is 0. The van der Waals surface area contributed by atoms with Gasteiger partial charge in [-0.15, -0.1) is 0 Å². The van der Waals surface area contributed by atoms with E-state index in [1.807, 2.05) is 6.92 Å². The Balaban J connectivity index is 2.21. The van der Waals surface area contributed by atoms with Crippen LogP contribution in [0, 0.1) is 0 Å². The number of nitrogens with zero attached hydrogens (tertiary/aromatic N) is 1. The molecular formula is C7H15N3O2S. The molecule has 0 saturated carbocycles. The molecule has 1 heterocycles. The van der Waals surface area contributed by atoms with Gasteiger partial charge in [-0.1, -0.05) is 0 Å². The van der Waals surface area contributed by atoms with Crippen LogP contribution < -0.4 is 10.6 Å². The molecule has 0 spiro atoms. The molecule has 0 aliphatic carbocycles. The van der Waals surface area contributed by atoms with Gasteiger partial charge in [-0.05, 0) is 6.92 Å². The molecule has 1 aliphatic heterocycles. The van der Waals surface area contributed by atoms with Gasteiger partial charge < -0.3 is 10.6 Å². The summed E-state index contributed by atoms with van der Waals surface area (Å²) in [5.74, 6) is 0.846. The molecular weight excluding hydrogens is 190 g/mol. The molecule has 5 nitrogen and oxygen atoms in total. The SMILES string of the molecule is CC1CN=C(NCCS(C)(=O)=O)N1. The van der Waals surface area contributed by atoms with Gasteiger partial charge >= 0.3 is 0 Å². The van der Waals surface area contributed by atoms with E-state index in [-0.39, 0.29) is 5.75 Å². The zero-order valence-corrected chi connectivity index (χ0v) is 8.69. The summed E-state index contributed by atoms with van der Waals surface area (Å²) < 4.78 is 21.5. The smallest absolute Gasteiger partial charge is 0.191 e. The maximum atomic E-state index is 10.8. The lowest BCUT2D eigenvalue weighted by Gasteiger charge is -2.07. The van der Waals surface area contributed by atoms with E-state index >= 15 is 0 Å². The van der Waals surface area contributed by atoms with E-state index in [1.165, 1.54) is 6.26 Å². The van der Waals surface area contributed by atoms with Gasteiger partial charge in [0, 0.05) is 18.8 Å². The molecule has 2 N–H and O–H groups in total. The zero-order valence-electron chi connectivity index (χ0n) is 7.87. The Morgan fingerprint density at radius 3 is 2.85 bits per heavy atom. The molecule has 0 saturated heterocycles. The summed E-state index contributed by atoms with van der Waals surface area (Å²) in [7, 11) is -2.87. The predicted molar refractivity (Wildman–Crippen MR) is 52.6 cm³/mol. The van der Waals surface area contributed by atoms with E-state index in [0.29, 0.717) is 18.5 Å². The molecule has 0 aromatic carbocycles. The molecule has 0 bridgehead atoms. The van der Waals surface area contributed by atoms with E-state index in [0.717, 1.165) is 6.54 Å². The van der Waals surface area contributed by atoms with Crippen LogP contribution in [0.4, 0.5) is 0 Å². The average molecular weight is 205 g/mol. The quantitative estimate of drug-likeness (QED) is 0.618. The average Bonchev–Trinajstić information content (AvgIpc) is 2.33. The normalized spacial score (nSPS) is 22.3. The third-order valence-electron chi connectivity index (χ3n) is 1.67. The van der Waals surface area contributed by atoms with E-state index in [2.05, 4.69) is 15.6 Å². The zero-order chi connectivity index (χ0) is 9.90. The van der Waals surface area contributed by atoms with Gasteiger partial charge in [0.2, 0.25) is 0 Å². The first kappa shape index (κ1) is 10.3. The van der Waals surface area contributed by atoms with E-state index in [9.17, 15) is 8.42 Å². The van der Waals surface area contributed by atoms with Crippen LogP contribution in [0.25, 0.3) is 0 Å². The third kappa shape index (κ3) is 4.12. The van der Waals surface area contributed by atoms with Gasteiger partial charge in [-0.3, -0.25) is 4.99 Å². The van der Waals surface area contributed by atoms with Gasteiger partial charge in [0.05, 0.1) is 12.3 Å². The van der Waals surface area contributed by atoms with E-state index in [1.54, 1.807) is 0 Å². The first-order chi connectivity index (χ1) is 5.97. The summed E-state index contributed by atoms with van der Waals surface area (Å²) in [6.45, 7) is 3.19. The Bertz CT molecular complexity index is 297. The van der Waals surface area contributed by atoms with Crippen molar-refractivity contribution in [3.63, 3.8) is 0 Å². The second-order valence-corrected chi connectivity index (χ2v) is 5.55. The van der Waals surface area contributed by atoms with Crippen LogP contribution in [-0.4, -0.2) is 45.5 Å². The highest BCUT2D eigenvalue weighted by molar-refractivity contribution is 7.90. The van der Waals surface area contributed by atoms with Crippen molar-refractivity contribution >= 4 is 15.8 Å². The summed E-state index contributed by atoms with van der Waals surface area (Å²) in [6, 6.07) is 0.348. The molecule has 0 radical (unpaired) electrons. The Labute approximate surface area is 78.5 Å². The number of hydrogen-bond donors (Lipinski definition) is 2. The maximum absolute atomic E-state index is 10.8. The lowest BCUT2D eigenvalue weighted by molar-refractivity contribution is 0.600. The highest BCUT2D eigenvalue weighted by Crippen LogP contribution is 1.91. The molecule has 1 aliphatic rings. The van der Waals surface area contributed by atoms with Crippen molar-refractivity contribution in [1.82, 2.24) is 10.6 Å². The van der Waals surface area contributed by atoms with Crippen LogP contribution in [0.2, 0.25) is 0 Å². The molecule has 0 aromatic heterocycles. The molecule has 13 heavy (non-hydrogen) atoms. The molecule has 1 rings (SSSR count). The number of sulfone groups is 1. The largest absolute Gasteiger partial charge is 0.355 e. The standard InChI is InChI=1S/C7H15N3O2S/c1-6-5-9-7(10-6)8-3-4-13(2,11)12/h6H,3-5H2,1-2H3,(H2,8,9,10). The summed E-state index contributed by atoms with van der Waals surface area (Å²) in [5, 5.41) is 6.01. The van der Waals surface area contributed by atoms with Crippen LogP contribution in [0.1, 0.15) is 6.92 Å². The summed E-state index contributed by atoms with van der Waals surface area (Å²) in [4.78, 5) is 4.14. The molecule has 0 fully saturated rings. The summed E-state index contributed by atoms with van der Waals surface area (Å²) in [6.07, 6.45) is 1.22. The Hall–Kier alpha value is -0.780. The van der Waals surface area contributed by atoms with Gasteiger partial charge in [-0.25, -0.2) is 8.42 Å². The minimum Gasteiger partial charge on any atom is -0.355 e. The van der Waals surface area contributed by atoms with Crippen LogP contribution in [0.15, 0.2) is 4.99 Å². The second kappa shape index (κ2) is 3.95. The highest BCUT2D eigenvalue weighted by Gasteiger charge is 2.11. The van der Waals surface area contributed by atoms with Crippen molar-refractivity contribution in [3.8, 4) is 0 Å². The Kier molecular flexibility index (Phi) is 3.13. The van der Waals surface area contributed by atoms with Crippen molar-refractivity contribution in [3.05, 3.63) is 0 Å². The van der Waals surface area contributed by atoms with Gasteiger partial charge in [-0.2, -0.15) is 0 Å². The Morgan fingerprint density at radius 1 is 1.69 bits per heavy atom. The molecule has 1 unspecified atom stereocenters. The molecule has 0 aromatic rings. The van der Waals surface area contributed by atoms with Crippen LogP contribution in [0.3, 0.4) is 0 Å². The summed E-state index contributed by atoms with van der Waals surface area (Å²) >= 11 is 0. The monoisotopic (exact) mass is 205 g/mol. The third-order valence-corrected chi connectivity index (χ3v) is 2.62. The lowest BCUT2D eigenvalue weighted by Crippen LogP contribution is -2.39. The van der Waals surface area contributed by atoms with Crippen molar-refractivity contribution in [2.45, 2.75) is 13.0 Å².